The number of hydrogen-bond acceptors (Lipinski definition) is 4. The summed E-state index contributed by atoms with van der Waals surface area (Å²) in [7, 11) is -3.55. The lowest BCUT2D eigenvalue weighted by Crippen LogP contribution is -2.49. The Morgan fingerprint density at radius 3 is 2.23 bits per heavy atom. The fourth-order valence-corrected chi connectivity index (χ4v) is 4.84. The quantitative estimate of drug-likeness (QED) is 0.474. The number of sulfonamides is 1. The van der Waals surface area contributed by atoms with Gasteiger partial charge in [0.1, 0.15) is 11.9 Å². The summed E-state index contributed by atoms with van der Waals surface area (Å²) < 4.78 is 39.6. The van der Waals surface area contributed by atoms with Crippen molar-refractivity contribution in [1.29, 1.82) is 0 Å². The van der Waals surface area contributed by atoms with Gasteiger partial charge in [-0.3, -0.25) is 13.9 Å². The third kappa shape index (κ3) is 8.06. The predicted molar refractivity (Wildman–Crippen MR) is 137 cm³/mol. The minimum atomic E-state index is -3.55. The molecule has 2 amide bonds. The Balaban J connectivity index is 2.21. The first-order valence-electron chi connectivity index (χ1n) is 11.8. The summed E-state index contributed by atoms with van der Waals surface area (Å²) in [6.45, 7) is 8.24. The molecule has 1 unspecified atom stereocenters. The Morgan fingerprint density at radius 2 is 1.69 bits per heavy atom. The summed E-state index contributed by atoms with van der Waals surface area (Å²) in [5.74, 6) is -0.895. The van der Waals surface area contributed by atoms with Crippen LogP contribution in [0.25, 0.3) is 0 Å². The van der Waals surface area contributed by atoms with Crippen LogP contribution in [0, 0.1) is 19.7 Å². The summed E-state index contributed by atoms with van der Waals surface area (Å²) in [4.78, 5) is 27.5. The molecule has 0 heterocycles. The minimum Gasteiger partial charge on any atom is -0.355 e. The summed E-state index contributed by atoms with van der Waals surface area (Å²) in [5.41, 5.74) is 3.30. The Morgan fingerprint density at radius 1 is 1.03 bits per heavy atom. The Bertz CT molecular complexity index is 1120. The average Bonchev–Trinajstić information content (AvgIpc) is 2.79. The number of benzene rings is 2. The molecule has 0 saturated heterocycles. The standard InChI is InChI=1S/C26H36FN3O4S/c1-6-24(26(32)28-7-2)29(18-21-11-13-22(27)14-12-21)25(31)9-8-16-30(35(5,33)34)23-15-10-19(3)20(4)17-23/h10-15,17,24H,6-9,16,18H2,1-5H3,(H,28,32). The molecule has 2 rings (SSSR count). The highest BCUT2D eigenvalue weighted by molar-refractivity contribution is 7.92. The number of nitrogens with zero attached hydrogens (tertiary/aromatic N) is 2. The van der Waals surface area contributed by atoms with Gasteiger partial charge in [-0.2, -0.15) is 0 Å². The summed E-state index contributed by atoms with van der Waals surface area (Å²) >= 11 is 0. The first-order valence-corrected chi connectivity index (χ1v) is 13.7. The maximum Gasteiger partial charge on any atom is 0.242 e. The van der Waals surface area contributed by atoms with E-state index < -0.39 is 16.1 Å². The van der Waals surface area contributed by atoms with Crippen LogP contribution in [0.1, 0.15) is 49.8 Å². The third-order valence-electron chi connectivity index (χ3n) is 5.93. The number of rotatable bonds is 12. The smallest absolute Gasteiger partial charge is 0.242 e. The predicted octanol–water partition coefficient (Wildman–Crippen LogP) is 3.93. The molecule has 1 atom stereocenters. The SMILES string of the molecule is CCNC(=O)C(CC)N(Cc1ccc(F)cc1)C(=O)CCCN(c1ccc(C)c(C)c1)S(C)(=O)=O. The molecule has 0 fully saturated rings. The molecule has 0 aliphatic rings. The molecular formula is C26H36FN3O4S. The van der Waals surface area contributed by atoms with E-state index in [0.717, 1.165) is 17.4 Å². The zero-order valence-corrected chi connectivity index (χ0v) is 22.0. The van der Waals surface area contributed by atoms with Crippen molar-refractivity contribution in [2.45, 2.75) is 59.5 Å². The zero-order valence-electron chi connectivity index (χ0n) is 21.2. The monoisotopic (exact) mass is 505 g/mol. The molecular weight excluding hydrogens is 469 g/mol. The van der Waals surface area contributed by atoms with Gasteiger partial charge in [0, 0.05) is 26.1 Å². The second kappa shape index (κ2) is 12.7. The lowest BCUT2D eigenvalue weighted by molar-refractivity contribution is -0.141. The van der Waals surface area contributed by atoms with Crippen molar-refractivity contribution in [1.82, 2.24) is 10.2 Å². The van der Waals surface area contributed by atoms with E-state index in [-0.39, 0.29) is 43.6 Å². The van der Waals surface area contributed by atoms with Gasteiger partial charge in [-0.25, -0.2) is 12.8 Å². The molecule has 1 N–H and O–H groups in total. The lowest BCUT2D eigenvalue weighted by atomic mass is 10.1. The maximum atomic E-state index is 13.4. The Kier molecular flexibility index (Phi) is 10.2. The molecule has 192 valence electrons. The number of halogens is 1. The van der Waals surface area contributed by atoms with Crippen molar-refractivity contribution in [2.24, 2.45) is 0 Å². The molecule has 0 aromatic heterocycles. The van der Waals surface area contributed by atoms with Crippen LogP contribution < -0.4 is 9.62 Å². The molecule has 0 saturated carbocycles. The first kappa shape index (κ1) is 28.3. The fourth-order valence-electron chi connectivity index (χ4n) is 3.88. The van der Waals surface area contributed by atoms with Crippen LogP contribution in [0.5, 0.6) is 0 Å². The van der Waals surface area contributed by atoms with Crippen LogP contribution in [0.3, 0.4) is 0 Å². The number of carbonyl (C=O) groups excluding carboxylic acids is 2. The topological polar surface area (TPSA) is 86.8 Å². The fraction of sp³-hybridized carbons (Fsp3) is 0.462. The van der Waals surface area contributed by atoms with Crippen LogP contribution in [-0.2, 0) is 26.2 Å². The zero-order chi connectivity index (χ0) is 26.2. The molecule has 0 spiro atoms. The second-order valence-corrected chi connectivity index (χ2v) is 10.6. The van der Waals surface area contributed by atoms with Gasteiger partial charge in [-0.1, -0.05) is 25.1 Å². The molecule has 0 aliphatic carbocycles. The van der Waals surface area contributed by atoms with Crippen LogP contribution in [0.4, 0.5) is 10.1 Å². The van der Waals surface area contributed by atoms with E-state index in [0.29, 0.717) is 24.2 Å². The van der Waals surface area contributed by atoms with Crippen LogP contribution in [0.2, 0.25) is 0 Å². The molecule has 0 radical (unpaired) electrons. The van der Waals surface area contributed by atoms with Gasteiger partial charge in [0.2, 0.25) is 21.8 Å². The van der Waals surface area contributed by atoms with E-state index >= 15 is 0 Å². The molecule has 2 aromatic rings. The van der Waals surface area contributed by atoms with E-state index in [2.05, 4.69) is 5.32 Å². The highest BCUT2D eigenvalue weighted by Crippen LogP contribution is 2.22. The summed E-state index contributed by atoms with van der Waals surface area (Å²) in [6.07, 6.45) is 1.91. The second-order valence-electron chi connectivity index (χ2n) is 8.67. The van der Waals surface area contributed by atoms with E-state index in [4.69, 9.17) is 0 Å². The number of amides is 2. The van der Waals surface area contributed by atoms with Gasteiger partial charge in [-0.15, -0.1) is 0 Å². The van der Waals surface area contributed by atoms with Gasteiger partial charge in [-0.05, 0) is 74.6 Å². The van der Waals surface area contributed by atoms with Crippen LogP contribution in [-0.4, -0.2) is 50.5 Å². The van der Waals surface area contributed by atoms with Crippen molar-refractivity contribution in [3.63, 3.8) is 0 Å². The molecule has 0 bridgehead atoms. The van der Waals surface area contributed by atoms with Crippen molar-refractivity contribution in [3.05, 3.63) is 65.0 Å². The third-order valence-corrected chi connectivity index (χ3v) is 7.13. The number of aryl methyl sites for hydroxylation is 2. The Hall–Kier alpha value is -2.94. The van der Waals surface area contributed by atoms with Crippen LogP contribution >= 0.6 is 0 Å². The van der Waals surface area contributed by atoms with Crippen molar-refractivity contribution in [2.75, 3.05) is 23.7 Å². The molecule has 0 aliphatic heterocycles. The van der Waals surface area contributed by atoms with E-state index in [1.54, 1.807) is 18.2 Å². The largest absolute Gasteiger partial charge is 0.355 e. The number of hydrogen-bond donors (Lipinski definition) is 1. The molecule has 9 heteroatoms. The van der Waals surface area contributed by atoms with Crippen molar-refractivity contribution in [3.8, 4) is 0 Å². The molecule has 2 aromatic carbocycles. The average molecular weight is 506 g/mol. The van der Waals surface area contributed by atoms with Gasteiger partial charge < -0.3 is 10.2 Å². The number of anilines is 1. The van der Waals surface area contributed by atoms with E-state index in [9.17, 15) is 22.4 Å². The number of carbonyl (C=O) groups is 2. The Labute approximate surface area is 208 Å². The molecule has 7 nitrogen and oxygen atoms in total. The highest BCUT2D eigenvalue weighted by atomic mass is 32.2. The molecule has 35 heavy (non-hydrogen) atoms. The summed E-state index contributed by atoms with van der Waals surface area (Å²) in [6, 6.07) is 10.6. The minimum absolute atomic E-state index is 0.0635. The van der Waals surface area contributed by atoms with Gasteiger partial charge >= 0.3 is 0 Å². The van der Waals surface area contributed by atoms with E-state index in [1.807, 2.05) is 39.8 Å². The lowest BCUT2D eigenvalue weighted by Gasteiger charge is -2.31. The van der Waals surface area contributed by atoms with Crippen molar-refractivity contribution >= 4 is 27.5 Å². The number of nitrogens with one attached hydrogen (secondary N) is 1. The first-order chi connectivity index (χ1) is 16.5. The van der Waals surface area contributed by atoms with Gasteiger partial charge in [0.05, 0.1) is 11.9 Å². The maximum absolute atomic E-state index is 13.4. The van der Waals surface area contributed by atoms with Crippen molar-refractivity contribution < 1.29 is 22.4 Å². The van der Waals surface area contributed by atoms with E-state index in [1.165, 1.54) is 21.3 Å². The normalized spacial score (nSPS) is 12.2. The van der Waals surface area contributed by atoms with Crippen LogP contribution in [0.15, 0.2) is 42.5 Å². The number of likely N-dealkylation sites (N-methyl/N-ethyl adjacent to an activating group) is 1. The van der Waals surface area contributed by atoms with Gasteiger partial charge in [0.25, 0.3) is 0 Å². The highest BCUT2D eigenvalue weighted by Gasteiger charge is 2.28. The summed E-state index contributed by atoms with van der Waals surface area (Å²) in [5, 5.41) is 2.77. The van der Waals surface area contributed by atoms with Gasteiger partial charge in [0.15, 0.2) is 0 Å².